The van der Waals surface area contributed by atoms with Crippen molar-refractivity contribution in [3.05, 3.63) is 50.7 Å². The molecule has 0 saturated heterocycles. The van der Waals surface area contributed by atoms with Crippen molar-refractivity contribution in [2.45, 2.75) is 19.9 Å². The van der Waals surface area contributed by atoms with Crippen molar-refractivity contribution in [1.82, 2.24) is 14.3 Å². The Labute approximate surface area is 120 Å². The molecular formula is C13H14ClN3O3. The number of nitrogens with zero attached hydrogens (tertiary/aromatic N) is 3. The lowest BCUT2D eigenvalue weighted by Crippen LogP contribution is -2.17. The van der Waals surface area contributed by atoms with E-state index in [1.54, 1.807) is 16.3 Å². The molecule has 20 heavy (non-hydrogen) atoms. The number of aryl methyl sites for hydroxylation is 2. The summed E-state index contributed by atoms with van der Waals surface area (Å²) in [7, 11) is 1.78. The number of hydrogen-bond donors (Lipinski definition) is 1. The average molecular weight is 296 g/mol. The predicted octanol–water partition coefficient (Wildman–Crippen LogP) is 1.54. The van der Waals surface area contributed by atoms with Crippen LogP contribution in [0.15, 0.2) is 23.3 Å². The molecule has 106 valence electrons. The molecule has 1 N–H and O–H groups in total. The molecule has 0 aliphatic carbocycles. The maximum absolute atomic E-state index is 11.4. The molecule has 0 aromatic carbocycles. The van der Waals surface area contributed by atoms with E-state index in [4.69, 9.17) is 16.7 Å². The van der Waals surface area contributed by atoms with Gasteiger partial charge in [0.05, 0.1) is 23.0 Å². The molecule has 6 nitrogen and oxygen atoms in total. The molecule has 0 saturated carbocycles. The fourth-order valence-corrected chi connectivity index (χ4v) is 2.30. The van der Waals surface area contributed by atoms with Gasteiger partial charge in [-0.3, -0.25) is 9.48 Å². The lowest BCUT2D eigenvalue weighted by molar-refractivity contribution is 0.0694. The Hall–Kier alpha value is -2.08. The SMILES string of the molecule is CCc1nn(C)c(Cn2ccc(=O)c(C(=O)O)c2)c1Cl. The second-order valence-electron chi connectivity index (χ2n) is 4.38. The Morgan fingerprint density at radius 2 is 2.20 bits per heavy atom. The quantitative estimate of drug-likeness (QED) is 0.928. The first-order chi connectivity index (χ1) is 9.43. The smallest absolute Gasteiger partial charge is 0.341 e. The van der Waals surface area contributed by atoms with Gasteiger partial charge in [-0.1, -0.05) is 18.5 Å². The number of pyridine rings is 1. The summed E-state index contributed by atoms with van der Waals surface area (Å²) >= 11 is 6.24. The van der Waals surface area contributed by atoms with Gasteiger partial charge in [0, 0.05) is 25.5 Å². The van der Waals surface area contributed by atoms with E-state index in [1.165, 1.54) is 18.5 Å². The summed E-state index contributed by atoms with van der Waals surface area (Å²) in [6, 6.07) is 1.23. The molecule has 0 spiro atoms. The third kappa shape index (κ3) is 2.60. The van der Waals surface area contributed by atoms with Crippen molar-refractivity contribution in [2.75, 3.05) is 0 Å². The molecule has 2 rings (SSSR count). The topological polar surface area (TPSA) is 77.1 Å². The highest BCUT2D eigenvalue weighted by molar-refractivity contribution is 6.31. The highest BCUT2D eigenvalue weighted by Gasteiger charge is 2.14. The highest BCUT2D eigenvalue weighted by Crippen LogP contribution is 2.21. The summed E-state index contributed by atoms with van der Waals surface area (Å²) in [5.74, 6) is -1.24. The zero-order chi connectivity index (χ0) is 14.9. The van der Waals surface area contributed by atoms with Gasteiger partial charge in [-0.05, 0) is 6.42 Å². The van der Waals surface area contributed by atoms with Crippen LogP contribution in [0.2, 0.25) is 5.02 Å². The monoisotopic (exact) mass is 295 g/mol. The Bertz CT molecular complexity index is 718. The third-order valence-corrected chi connectivity index (χ3v) is 3.48. The van der Waals surface area contributed by atoms with Crippen LogP contribution in [0.5, 0.6) is 0 Å². The lowest BCUT2D eigenvalue weighted by Gasteiger charge is -2.08. The van der Waals surface area contributed by atoms with E-state index in [9.17, 15) is 9.59 Å². The summed E-state index contributed by atoms with van der Waals surface area (Å²) < 4.78 is 3.27. The van der Waals surface area contributed by atoms with Crippen LogP contribution >= 0.6 is 11.6 Å². The molecule has 0 unspecified atom stereocenters. The van der Waals surface area contributed by atoms with Crippen molar-refractivity contribution in [3.8, 4) is 0 Å². The molecule has 0 radical (unpaired) electrons. The number of rotatable bonds is 4. The second kappa shape index (κ2) is 5.50. The van der Waals surface area contributed by atoms with Gasteiger partial charge in [0.25, 0.3) is 0 Å². The molecule has 2 heterocycles. The predicted molar refractivity (Wildman–Crippen MR) is 74.4 cm³/mol. The number of aromatic carboxylic acids is 1. The first-order valence-corrected chi connectivity index (χ1v) is 6.45. The molecule has 0 aliphatic rings. The number of carbonyl (C=O) groups is 1. The Morgan fingerprint density at radius 1 is 1.50 bits per heavy atom. The molecule has 0 bridgehead atoms. The van der Waals surface area contributed by atoms with Crippen molar-refractivity contribution in [2.24, 2.45) is 7.05 Å². The lowest BCUT2D eigenvalue weighted by atomic mass is 10.2. The molecule has 0 atom stereocenters. The first-order valence-electron chi connectivity index (χ1n) is 6.07. The molecule has 0 amide bonds. The van der Waals surface area contributed by atoms with Gasteiger partial charge in [0.1, 0.15) is 5.56 Å². The van der Waals surface area contributed by atoms with E-state index in [0.717, 1.165) is 17.8 Å². The molecular weight excluding hydrogens is 282 g/mol. The Balaban J connectivity index is 2.40. The van der Waals surface area contributed by atoms with Crippen molar-refractivity contribution >= 4 is 17.6 Å². The van der Waals surface area contributed by atoms with Crippen LogP contribution in [0.3, 0.4) is 0 Å². The standard InChI is InChI=1S/C13H14ClN3O3/c1-3-9-12(14)10(16(2)15-9)7-17-5-4-11(18)8(6-17)13(19)20/h4-6H,3,7H2,1-2H3,(H,19,20). The van der Waals surface area contributed by atoms with E-state index in [2.05, 4.69) is 5.10 Å². The van der Waals surface area contributed by atoms with Crippen LogP contribution in [-0.4, -0.2) is 25.4 Å². The maximum atomic E-state index is 11.4. The van der Waals surface area contributed by atoms with Gasteiger partial charge in [0.15, 0.2) is 5.43 Å². The zero-order valence-electron chi connectivity index (χ0n) is 11.1. The van der Waals surface area contributed by atoms with Gasteiger partial charge in [-0.2, -0.15) is 5.10 Å². The van der Waals surface area contributed by atoms with Gasteiger partial charge >= 0.3 is 5.97 Å². The van der Waals surface area contributed by atoms with Gasteiger partial charge < -0.3 is 9.67 Å². The fraction of sp³-hybridized carbons (Fsp3) is 0.308. The molecule has 2 aromatic heterocycles. The summed E-state index contributed by atoms with van der Waals surface area (Å²) in [5.41, 5.74) is 0.785. The van der Waals surface area contributed by atoms with Gasteiger partial charge in [0.2, 0.25) is 0 Å². The van der Waals surface area contributed by atoms with Crippen molar-refractivity contribution < 1.29 is 9.90 Å². The summed E-state index contributed by atoms with van der Waals surface area (Å²) in [4.78, 5) is 22.4. The average Bonchev–Trinajstić information content (AvgIpc) is 2.67. The van der Waals surface area contributed by atoms with Crippen LogP contribution in [0.4, 0.5) is 0 Å². The zero-order valence-corrected chi connectivity index (χ0v) is 11.9. The van der Waals surface area contributed by atoms with Gasteiger partial charge in [-0.15, -0.1) is 0 Å². The van der Waals surface area contributed by atoms with E-state index in [1.807, 2.05) is 6.92 Å². The largest absolute Gasteiger partial charge is 0.477 e. The molecule has 7 heteroatoms. The minimum absolute atomic E-state index is 0.262. The van der Waals surface area contributed by atoms with Crippen molar-refractivity contribution in [1.29, 1.82) is 0 Å². The van der Waals surface area contributed by atoms with Crippen LogP contribution in [-0.2, 0) is 20.0 Å². The number of halogens is 1. The molecule has 2 aromatic rings. The van der Waals surface area contributed by atoms with E-state index in [-0.39, 0.29) is 5.56 Å². The van der Waals surface area contributed by atoms with Crippen molar-refractivity contribution in [3.63, 3.8) is 0 Å². The van der Waals surface area contributed by atoms with Crippen LogP contribution < -0.4 is 5.43 Å². The third-order valence-electron chi connectivity index (χ3n) is 3.04. The molecule has 0 fully saturated rings. The van der Waals surface area contributed by atoms with Crippen LogP contribution in [0, 0.1) is 0 Å². The number of aromatic nitrogens is 3. The minimum atomic E-state index is -1.24. The number of carboxylic acid groups (broad SMARTS) is 1. The number of carboxylic acids is 1. The highest BCUT2D eigenvalue weighted by atomic mass is 35.5. The minimum Gasteiger partial charge on any atom is -0.477 e. The number of hydrogen-bond acceptors (Lipinski definition) is 3. The van der Waals surface area contributed by atoms with E-state index < -0.39 is 11.4 Å². The maximum Gasteiger partial charge on any atom is 0.341 e. The van der Waals surface area contributed by atoms with Gasteiger partial charge in [-0.25, -0.2) is 4.79 Å². The summed E-state index contributed by atoms with van der Waals surface area (Å²) in [5, 5.41) is 13.8. The molecule has 0 aliphatic heterocycles. The Morgan fingerprint density at radius 3 is 2.75 bits per heavy atom. The normalized spacial score (nSPS) is 10.8. The van der Waals surface area contributed by atoms with E-state index in [0.29, 0.717) is 11.6 Å². The first kappa shape index (κ1) is 14.3. The van der Waals surface area contributed by atoms with E-state index >= 15 is 0 Å². The fourth-order valence-electron chi connectivity index (χ4n) is 1.95. The summed E-state index contributed by atoms with van der Waals surface area (Å²) in [6.45, 7) is 2.31. The van der Waals surface area contributed by atoms with Crippen LogP contribution in [0.1, 0.15) is 28.7 Å². The Kier molecular flexibility index (Phi) is 3.94. The van der Waals surface area contributed by atoms with Crippen LogP contribution in [0.25, 0.3) is 0 Å². The summed E-state index contributed by atoms with van der Waals surface area (Å²) in [6.07, 6.45) is 3.56. The second-order valence-corrected chi connectivity index (χ2v) is 4.76.